The standard InChI is InChI=1S/C10H17N3/c1-4-13-6-12-5-7(13)8-9(11)10(8,2)3/h5-6,8-9H,4,11H2,1-3H3/t8-,9-/m1/s1. The van der Waals surface area contributed by atoms with E-state index in [1.807, 2.05) is 12.5 Å². The van der Waals surface area contributed by atoms with Crippen LogP contribution in [0.2, 0.25) is 0 Å². The molecule has 1 fully saturated rings. The summed E-state index contributed by atoms with van der Waals surface area (Å²) < 4.78 is 2.18. The van der Waals surface area contributed by atoms with Crippen LogP contribution in [0.4, 0.5) is 0 Å². The van der Waals surface area contributed by atoms with Crippen molar-refractivity contribution in [2.24, 2.45) is 11.1 Å². The monoisotopic (exact) mass is 179 g/mol. The van der Waals surface area contributed by atoms with Gasteiger partial charge in [0.05, 0.1) is 6.33 Å². The lowest BCUT2D eigenvalue weighted by atomic mass is 10.1. The van der Waals surface area contributed by atoms with E-state index in [9.17, 15) is 0 Å². The van der Waals surface area contributed by atoms with Gasteiger partial charge in [0.2, 0.25) is 0 Å². The first-order valence-corrected chi connectivity index (χ1v) is 4.84. The van der Waals surface area contributed by atoms with Gasteiger partial charge in [-0.25, -0.2) is 4.98 Å². The highest BCUT2D eigenvalue weighted by molar-refractivity contribution is 5.28. The Morgan fingerprint density at radius 2 is 2.23 bits per heavy atom. The zero-order chi connectivity index (χ0) is 9.64. The van der Waals surface area contributed by atoms with Gasteiger partial charge in [-0.3, -0.25) is 0 Å². The molecule has 0 spiro atoms. The summed E-state index contributed by atoms with van der Waals surface area (Å²) in [7, 11) is 0. The minimum atomic E-state index is 0.257. The molecular weight excluding hydrogens is 162 g/mol. The van der Waals surface area contributed by atoms with Gasteiger partial charge in [-0.15, -0.1) is 0 Å². The van der Waals surface area contributed by atoms with Crippen LogP contribution in [-0.2, 0) is 6.54 Å². The molecule has 0 radical (unpaired) electrons. The van der Waals surface area contributed by atoms with Crippen molar-refractivity contribution >= 4 is 0 Å². The fraction of sp³-hybridized carbons (Fsp3) is 0.700. The summed E-state index contributed by atoms with van der Waals surface area (Å²) in [5, 5.41) is 0. The fourth-order valence-corrected chi connectivity index (χ4v) is 2.10. The summed E-state index contributed by atoms with van der Waals surface area (Å²) in [6.07, 6.45) is 3.83. The van der Waals surface area contributed by atoms with Gasteiger partial charge in [-0.2, -0.15) is 0 Å². The average molecular weight is 179 g/mol. The molecular formula is C10H17N3. The molecule has 0 bridgehead atoms. The van der Waals surface area contributed by atoms with Crippen molar-refractivity contribution in [1.29, 1.82) is 0 Å². The van der Waals surface area contributed by atoms with Crippen LogP contribution in [-0.4, -0.2) is 15.6 Å². The second-order valence-electron chi connectivity index (χ2n) is 4.43. The molecule has 1 saturated carbocycles. The maximum Gasteiger partial charge on any atom is 0.0948 e. The minimum absolute atomic E-state index is 0.257. The maximum atomic E-state index is 6.02. The Morgan fingerprint density at radius 3 is 2.69 bits per heavy atom. The minimum Gasteiger partial charge on any atom is -0.335 e. The molecule has 1 aliphatic carbocycles. The summed E-state index contributed by atoms with van der Waals surface area (Å²) >= 11 is 0. The molecule has 1 aromatic rings. The van der Waals surface area contributed by atoms with E-state index in [1.54, 1.807) is 0 Å². The van der Waals surface area contributed by atoms with Gasteiger partial charge in [0.25, 0.3) is 0 Å². The highest BCUT2D eigenvalue weighted by atomic mass is 15.1. The second kappa shape index (κ2) is 2.58. The van der Waals surface area contributed by atoms with Crippen molar-refractivity contribution in [3.8, 4) is 0 Å². The number of rotatable bonds is 2. The molecule has 72 valence electrons. The Hall–Kier alpha value is -0.830. The second-order valence-corrected chi connectivity index (χ2v) is 4.43. The number of aromatic nitrogens is 2. The lowest BCUT2D eigenvalue weighted by molar-refractivity contribution is 0.582. The van der Waals surface area contributed by atoms with E-state index in [4.69, 9.17) is 5.73 Å². The molecule has 0 unspecified atom stereocenters. The summed E-state index contributed by atoms with van der Waals surface area (Å²) in [4.78, 5) is 4.16. The molecule has 0 amide bonds. The number of nitrogens with two attached hydrogens (primary N) is 1. The number of aryl methyl sites for hydroxylation is 1. The fourth-order valence-electron chi connectivity index (χ4n) is 2.10. The highest BCUT2D eigenvalue weighted by Crippen LogP contribution is 2.57. The molecule has 0 aromatic carbocycles. The van der Waals surface area contributed by atoms with Crippen molar-refractivity contribution in [3.63, 3.8) is 0 Å². The highest BCUT2D eigenvalue weighted by Gasteiger charge is 2.57. The Morgan fingerprint density at radius 1 is 1.62 bits per heavy atom. The number of nitrogens with zero attached hydrogens (tertiary/aromatic N) is 2. The van der Waals surface area contributed by atoms with Crippen LogP contribution in [0, 0.1) is 5.41 Å². The van der Waals surface area contributed by atoms with Crippen LogP contribution >= 0.6 is 0 Å². The maximum absolute atomic E-state index is 6.02. The van der Waals surface area contributed by atoms with Crippen molar-refractivity contribution in [3.05, 3.63) is 18.2 Å². The topological polar surface area (TPSA) is 43.8 Å². The summed E-state index contributed by atoms with van der Waals surface area (Å²) in [5.74, 6) is 0.495. The first-order chi connectivity index (χ1) is 6.09. The van der Waals surface area contributed by atoms with E-state index in [2.05, 4.69) is 30.3 Å². The van der Waals surface area contributed by atoms with Crippen LogP contribution < -0.4 is 5.73 Å². The van der Waals surface area contributed by atoms with Crippen LogP contribution in [0.3, 0.4) is 0 Å². The molecule has 2 N–H and O–H groups in total. The molecule has 13 heavy (non-hydrogen) atoms. The normalized spacial score (nSPS) is 30.5. The number of imidazole rings is 1. The van der Waals surface area contributed by atoms with Gasteiger partial charge >= 0.3 is 0 Å². The van der Waals surface area contributed by atoms with Gasteiger partial charge in [0, 0.05) is 30.4 Å². The number of hydrogen-bond donors (Lipinski definition) is 1. The van der Waals surface area contributed by atoms with Gasteiger partial charge in [-0.1, -0.05) is 13.8 Å². The Bertz CT molecular complexity index is 314. The van der Waals surface area contributed by atoms with E-state index in [-0.39, 0.29) is 5.41 Å². The van der Waals surface area contributed by atoms with E-state index in [0.29, 0.717) is 12.0 Å². The largest absolute Gasteiger partial charge is 0.335 e. The molecule has 2 rings (SSSR count). The third-order valence-electron chi connectivity index (χ3n) is 3.31. The van der Waals surface area contributed by atoms with Crippen LogP contribution in [0.1, 0.15) is 32.4 Å². The molecule has 1 aliphatic rings. The third kappa shape index (κ3) is 1.10. The van der Waals surface area contributed by atoms with Gasteiger partial charge in [-0.05, 0) is 12.3 Å². The lowest BCUT2D eigenvalue weighted by Gasteiger charge is -2.05. The SMILES string of the molecule is CCn1cncc1[C@@H]1[C@@H](N)C1(C)C. The zero-order valence-electron chi connectivity index (χ0n) is 8.49. The molecule has 0 saturated heterocycles. The first-order valence-electron chi connectivity index (χ1n) is 4.84. The molecule has 3 heteroatoms. The van der Waals surface area contributed by atoms with E-state index in [1.165, 1.54) is 5.69 Å². The van der Waals surface area contributed by atoms with E-state index < -0.39 is 0 Å². The Kier molecular flexibility index (Phi) is 1.74. The molecule has 1 heterocycles. The summed E-state index contributed by atoms with van der Waals surface area (Å²) in [6.45, 7) is 7.55. The lowest BCUT2D eigenvalue weighted by Crippen LogP contribution is -2.07. The first kappa shape index (κ1) is 8.75. The predicted octanol–water partition coefficient (Wildman–Crippen LogP) is 1.35. The summed E-state index contributed by atoms with van der Waals surface area (Å²) in [5.41, 5.74) is 7.57. The van der Waals surface area contributed by atoms with Crippen LogP contribution in [0.5, 0.6) is 0 Å². The predicted molar refractivity (Wildman–Crippen MR) is 52.4 cm³/mol. The van der Waals surface area contributed by atoms with Crippen molar-refractivity contribution in [2.75, 3.05) is 0 Å². The Labute approximate surface area is 79.0 Å². The van der Waals surface area contributed by atoms with Crippen molar-refractivity contribution in [1.82, 2.24) is 9.55 Å². The smallest absolute Gasteiger partial charge is 0.0948 e. The number of hydrogen-bond acceptors (Lipinski definition) is 2. The molecule has 3 nitrogen and oxygen atoms in total. The third-order valence-corrected chi connectivity index (χ3v) is 3.31. The van der Waals surface area contributed by atoms with E-state index in [0.717, 1.165) is 6.54 Å². The van der Waals surface area contributed by atoms with Gasteiger partial charge in [0.1, 0.15) is 0 Å². The van der Waals surface area contributed by atoms with Crippen molar-refractivity contribution in [2.45, 2.75) is 39.3 Å². The van der Waals surface area contributed by atoms with E-state index >= 15 is 0 Å². The van der Waals surface area contributed by atoms with Crippen LogP contribution in [0.15, 0.2) is 12.5 Å². The van der Waals surface area contributed by atoms with Gasteiger partial charge in [0.15, 0.2) is 0 Å². The average Bonchev–Trinajstić information content (AvgIpc) is 2.54. The molecule has 0 aliphatic heterocycles. The summed E-state index contributed by atoms with van der Waals surface area (Å²) in [6, 6.07) is 0.300. The molecule has 2 atom stereocenters. The van der Waals surface area contributed by atoms with Crippen molar-refractivity contribution < 1.29 is 0 Å². The Balaban J connectivity index is 2.28. The quantitative estimate of drug-likeness (QED) is 0.744. The zero-order valence-corrected chi connectivity index (χ0v) is 8.49. The van der Waals surface area contributed by atoms with Gasteiger partial charge < -0.3 is 10.3 Å². The molecule has 1 aromatic heterocycles. The van der Waals surface area contributed by atoms with Crippen LogP contribution in [0.25, 0.3) is 0 Å².